The van der Waals surface area contributed by atoms with Crippen molar-refractivity contribution in [1.29, 1.82) is 0 Å². The minimum Gasteiger partial charge on any atom is -0.436 e. The summed E-state index contributed by atoms with van der Waals surface area (Å²) in [5.74, 6) is -0.600. The highest BCUT2D eigenvalue weighted by molar-refractivity contribution is 5.91. The molecule has 53 heavy (non-hydrogen) atoms. The topological polar surface area (TPSA) is 88.7 Å². The van der Waals surface area contributed by atoms with Crippen LogP contribution in [0.4, 0.5) is 41.6 Å². The van der Waals surface area contributed by atoms with Crippen LogP contribution in [0.1, 0.15) is 54.9 Å². The predicted molar refractivity (Wildman–Crippen MR) is 184 cm³/mol. The molecule has 0 aromatic heterocycles. The van der Waals surface area contributed by atoms with Gasteiger partial charge in [0.15, 0.2) is 6.10 Å². The van der Waals surface area contributed by atoms with Crippen LogP contribution in [0.3, 0.4) is 0 Å². The number of piperidine rings is 2. The molecule has 290 valence electrons. The van der Waals surface area contributed by atoms with E-state index in [1.807, 2.05) is 24.3 Å². The van der Waals surface area contributed by atoms with E-state index in [0.717, 1.165) is 50.0 Å². The number of carbonyl (C=O) groups excluding carboxylic acids is 3. The minimum absolute atomic E-state index is 0.162. The number of halogens is 6. The second kappa shape index (κ2) is 16.1. The van der Waals surface area contributed by atoms with Gasteiger partial charge in [-0.05, 0) is 68.0 Å². The van der Waals surface area contributed by atoms with Crippen LogP contribution in [0, 0.1) is 0 Å². The maximum absolute atomic E-state index is 14.0. The van der Waals surface area contributed by atoms with E-state index in [9.17, 15) is 40.7 Å². The number of nitrogens with zero attached hydrogens (tertiary/aromatic N) is 5. The number of ether oxygens (including phenoxy) is 1. The number of amides is 4. The summed E-state index contributed by atoms with van der Waals surface area (Å²) in [6.45, 7) is 8.43. The van der Waals surface area contributed by atoms with Crippen LogP contribution < -0.4 is 5.32 Å². The molecule has 0 saturated carbocycles. The molecule has 1 N–H and O–H groups in total. The Hall–Kier alpha value is -4.05. The zero-order valence-electron chi connectivity index (χ0n) is 29.7. The molecular weight excluding hydrogens is 706 g/mol. The van der Waals surface area contributed by atoms with Crippen molar-refractivity contribution in [3.05, 3.63) is 64.7 Å². The van der Waals surface area contributed by atoms with Gasteiger partial charge in [0.1, 0.15) is 0 Å². The molecule has 6 rings (SSSR count). The lowest BCUT2D eigenvalue weighted by Crippen LogP contribution is -2.55. The summed E-state index contributed by atoms with van der Waals surface area (Å²) in [6, 6.07) is 9.05. The summed E-state index contributed by atoms with van der Waals surface area (Å²) in [7, 11) is 0. The highest BCUT2D eigenvalue weighted by Crippen LogP contribution is 2.41. The number of rotatable bonds is 7. The molecule has 0 unspecified atom stereocenters. The van der Waals surface area contributed by atoms with Crippen molar-refractivity contribution in [3.63, 3.8) is 0 Å². The van der Waals surface area contributed by atoms with Crippen molar-refractivity contribution in [3.8, 4) is 0 Å². The van der Waals surface area contributed by atoms with E-state index in [2.05, 4.69) is 22.0 Å². The molecule has 16 heteroatoms. The molecule has 2 aromatic carbocycles. The van der Waals surface area contributed by atoms with E-state index >= 15 is 0 Å². The standard InChI is InChI=1S/C37H46F6N6O4/c1-2-45-19-21-46(22-20-45)27-10-14-47(15-11-27)33(50)32(24-25-7-8-29(36(38,39)40)30(23-25)37(41,42)43)53-35(52)48-16-12-28(13-17-48)49-18-9-26-5-3-4-6-31(26)44-34(49)51/h3-8,23,27-28,32H,2,9-22,24H2,1H3,(H,44,51)/t32-/m1/s1. The lowest BCUT2D eigenvalue weighted by molar-refractivity contribution is -0.162. The number of likely N-dealkylation sites (N-methyl/N-ethyl adjacent to an activating group) is 1. The number of nitrogens with one attached hydrogen (secondary N) is 1. The summed E-state index contributed by atoms with van der Waals surface area (Å²) >= 11 is 0. The maximum Gasteiger partial charge on any atom is 0.417 e. The molecule has 0 radical (unpaired) electrons. The van der Waals surface area contributed by atoms with E-state index in [1.54, 1.807) is 4.90 Å². The van der Waals surface area contributed by atoms with Crippen molar-refractivity contribution in [2.45, 2.75) is 76.0 Å². The van der Waals surface area contributed by atoms with Gasteiger partial charge in [0.25, 0.3) is 5.91 Å². The van der Waals surface area contributed by atoms with Crippen molar-refractivity contribution in [2.24, 2.45) is 0 Å². The third-order valence-corrected chi connectivity index (χ3v) is 11.1. The number of carbonyl (C=O) groups is 3. The second-order valence-corrected chi connectivity index (χ2v) is 14.2. The van der Waals surface area contributed by atoms with Crippen LogP contribution in [-0.2, 0) is 34.7 Å². The fourth-order valence-corrected chi connectivity index (χ4v) is 7.99. The molecule has 10 nitrogen and oxygen atoms in total. The van der Waals surface area contributed by atoms with Gasteiger partial charge in [-0.25, -0.2) is 9.59 Å². The van der Waals surface area contributed by atoms with Crippen LogP contribution in [0.15, 0.2) is 42.5 Å². The molecule has 4 aliphatic heterocycles. The fourth-order valence-electron chi connectivity index (χ4n) is 7.99. The van der Waals surface area contributed by atoms with Gasteiger partial charge in [0.2, 0.25) is 0 Å². The lowest BCUT2D eigenvalue weighted by atomic mass is 9.98. The second-order valence-electron chi connectivity index (χ2n) is 14.2. The first-order chi connectivity index (χ1) is 25.2. The number of piperazine rings is 1. The first kappa shape index (κ1) is 38.7. The number of likely N-dealkylation sites (tertiary alicyclic amines) is 2. The van der Waals surface area contributed by atoms with Crippen LogP contribution in [0.25, 0.3) is 0 Å². The van der Waals surface area contributed by atoms with Crippen molar-refractivity contribution in [2.75, 3.05) is 70.8 Å². The van der Waals surface area contributed by atoms with Crippen LogP contribution >= 0.6 is 0 Å². The third-order valence-electron chi connectivity index (χ3n) is 11.1. The van der Waals surface area contributed by atoms with Gasteiger partial charge >= 0.3 is 24.5 Å². The highest BCUT2D eigenvalue weighted by Gasteiger charge is 2.44. The number of hydrogen-bond donors (Lipinski definition) is 1. The quantitative estimate of drug-likeness (QED) is 0.352. The molecule has 0 aliphatic carbocycles. The number of alkyl halides is 6. The number of hydrogen-bond acceptors (Lipinski definition) is 6. The monoisotopic (exact) mass is 752 g/mol. The third kappa shape index (κ3) is 9.19. The molecule has 1 atom stereocenters. The number of urea groups is 1. The molecule has 4 aliphatic rings. The molecule has 2 aromatic rings. The summed E-state index contributed by atoms with van der Waals surface area (Å²) in [6.07, 6.45) is -10.6. The Kier molecular flexibility index (Phi) is 11.8. The van der Waals surface area contributed by atoms with Gasteiger partial charge in [-0.15, -0.1) is 0 Å². The maximum atomic E-state index is 14.0. The normalized spacial score (nSPS) is 20.8. The number of para-hydroxylation sites is 1. The van der Waals surface area contributed by atoms with E-state index in [1.165, 1.54) is 9.80 Å². The Labute approximate surface area is 305 Å². The minimum atomic E-state index is -5.31. The largest absolute Gasteiger partial charge is 0.436 e. The zero-order chi connectivity index (χ0) is 37.9. The van der Waals surface area contributed by atoms with Gasteiger partial charge in [0.05, 0.1) is 11.1 Å². The number of benzene rings is 2. The Morgan fingerprint density at radius 1 is 0.792 bits per heavy atom. The van der Waals surface area contributed by atoms with Crippen molar-refractivity contribution >= 4 is 23.7 Å². The number of fused-ring (bicyclic) bond motifs is 1. The summed E-state index contributed by atoms with van der Waals surface area (Å²) in [5.41, 5.74) is -2.14. The number of anilines is 1. The summed E-state index contributed by atoms with van der Waals surface area (Å²) < 4.78 is 87.7. The Morgan fingerprint density at radius 3 is 2.06 bits per heavy atom. The highest BCUT2D eigenvalue weighted by atomic mass is 19.4. The molecule has 4 amide bonds. The van der Waals surface area contributed by atoms with Gasteiger partial charge < -0.3 is 29.7 Å². The van der Waals surface area contributed by atoms with Gasteiger partial charge in [-0.2, -0.15) is 26.3 Å². The Bertz CT molecular complexity index is 1620. The SMILES string of the molecule is CCN1CCN(C2CCN(C(=O)[C@@H](Cc3ccc(C(F)(F)F)c(C(F)(F)F)c3)OC(=O)N3CCC(N4CCc5ccccc5NC4=O)CC3)CC2)CC1. The fraction of sp³-hybridized carbons (Fsp3) is 0.595. The lowest BCUT2D eigenvalue weighted by Gasteiger charge is -2.43. The zero-order valence-corrected chi connectivity index (χ0v) is 29.7. The van der Waals surface area contributed by atoms with Crippen LogP contribution in [0.5, 0.6) is 0 Å². The molecule has 0 bridgehead atoms. The molecule has 4 heterocycles. The molecular formula is C37H46F6N6O4. The smallest absolute Gasteiger partial charge is 0.417 e. The molecule has 0 spiro atoms. The first-order valence-electron chi connectivity index (χ1n) is 18.3. The molecule has 3 fully saturated rings. The van der Waals surface area contributed by atoms with Gasteiger partial charge in [-0.1, -0.05) is 31.2 Å². The van der Waals surface area contributed by atoms with Crippen molar-refractivity contribution < 1.29 is 45.5 Å². The summed E-state index contributed by atoms with van der Waals surface area (Å²) in [4.78, 5) is 50.1. The predicted octanol–water partition coefficient (Wildman–Crippen LogP) is 5.96. The van der Waals surface area contributed by atoms with Crippen LogP contribution in [-0.4, -0.2) is 126 Å². The van der Waals surface area contributed by atoms with Gasteiger partial charge in [-0.3, -0.25) is 9.69 Å². The van der Waals surface area contributed by atoms with E-state index < -0.39 is 48.0 Å². The van der Waals surface area contributed by atoms with E-state index in [-0.39, 0.29) is 36.8 Å². The summed E-state index contributed by atoms with van der Waals surface area (Å²) in [5, 5.41) is 2.95. The Balaban J connectivity index is 1.13. The van der Waals surface area contributed by atoms with Crippen molar-refractivity contribution in [1.82, 2.24) is 24.5 Å². The average molecular weight is 753 g/mol. The Morgan fingerprint density at radius 2 is 1.42 bits per heavy atom. The molecule has 3 saturated heterocycles. The van der Waals surface area contributed by atoms with E-state index in [4.69, 9.17) is 4.74 Å². The average Bonchev–Trinajstić information content (AvgIpc) is 3.31. The van der Waals surface area contributed by atoms with E-state index in [0.29, 0.717) is 63.9 Å². The van der Waals surface area contributed by atoms with Crippen LogP contribution in [0.2, 0.25) is 0 Å². The van der Waals surface area contributed by atoms with Gasteiger partial charge in [0, 0.05) is 83.1 Å². The first-order valence-corrected chi connectivity index (χ1v) is 18.3.